The van der Waals surface area contributed by atoms with Gasteiger partial charge in [0, 0.05) is 31.5 Å². The summed E-state index contributed by atoms with van der Waals surface area (Å²) in [5, 5.41) is 9.41. The number of benzene rings is 2. The first-order chi connectivity index (χ1) is 16.1. The summed E-state index contributed by atoms with van der Waals surface area (Å²) in [6.45, 7) is 8.37. The van der Waals surface area contributed by atoms with Crippen LogP contribution in [0.1, 0.15) is 34.6 Å². The zero-order valence-electron chi connectivity index (χ0n) is 19.8. The molecule has 0 spiro atoms. The van der Waals surface area contributed by atoms with Gasteiger partial charge in [0.2, 0.25) is 11.8 Å². The molecule has 35 heavy (non-hydrogen) atoms. The average Bonchev–Trinajstić information content (AvgIpc) is 2.65. The van der Waals surface area contributed by atoms with Crippen molar-refractivity contribution in [1.82, 2.24) is 5.32 Å². The number of anilines is 2. The van der Waals surface area contributed by atoms with E-state index in [1.807, 2.05) is 0 Å². The van der Waals surface area contributed by atoms with E-state index >= 15 is 0 Å². The van der Waals surface area contributed by atoms with Crippen molar-refractivity contribution >= 4 is 75.7 Å². The maximum atomic E-state index is 12.0. The van der Waals surface area contributed by atoms with Crippen LogP contribution in [0, 0.1) is 0 Å². The first kappa shape index (κ1) is 30.8. The van der Waals surface area contributed by atoms with Crippen molar-refractivity contribution in [1.29, 1.82) is 0 Å². The minimum absolute atomic E-state index is 0.275. The fraction of sp³-hybridized carbons (Fsp3) is 0.348. The fourth-order valence-corrected chi connectivity index (χ4v) is 3.36. The van der Waals surface area contributed by atoms with Crippen LogP contribution in [0.5, 0.6) is 0 Å². The third-order valence-electron chi connectivity index (χ3n) is 3.80. The highest BCUT2D eigenvalue weighted by Gasteiger charge is 2.21. The predicted octanol–water partition coefficient (Wildman–Crippen LogP) is 6.12. The van der Waals surface area contributed by atoms with E-state index in [1.54, 1.807) is 71.0 Å². The minimum Gasteiger partial charge on any atom is -0.444 e. The molecule has 3 amide bonds. The first-order valence-corrected chi connectivity index (χ1v) is 11.9. The molecule has 8 nitrogen and oxygen atoms in total. The molecule has 0 aliphatic carbocycles. The molecular weight excluding hydrogens is 538 g/mol. The molecule has 0 saturated heterocycles. The van der Waals surface area contributed by atoms with Crippen molar-refractivity contribution in [2.75, 3.05) is 10.6 Å². The molecule has 0 heterocycles. The van der Waals surface area contributed by atoms with Crippen LogP contribution >= 0.6 is 46.4 Å². The van der Waals surface area contributed by atoms with Crippen molar-refractivity contribution in [3.63, 3.8) is 0 Å². The topological polar surface area (TPSA) is 123 Å². The van der Waals surface area contributed by atoms with E-state index in [-0.39, 0.29) is 5.91 Å². The average molecular weight is 566 g/mol. The largest absolute Gasteiger partial charge is 0.444 e. The molecule has 12 heteroatoms. The molecular formula is C23H28Cl4N4O4. The van der Waals surface area contributed by atoms with Crippen LogP contribution in [-0.2, 0) is 14.3 Å². The molecule has 0 bridgehead atoms. The van der Waals surface area contributed by atoms with Gasteiger partial charge in [0.1, 0.15) is 11.6 Å². The van der Waals surface area contributed by atoms with Crippen LogP contribution in [0.25, 0.3) is 0 Å². The minimum atomic E-state index is -0.766. The Morgan fingerprint density at radius 1 is 0.771 bits per heavy atom. The molecule has 5 N–H and O–H groups in total. The lowest BCUT2D eigenvalue weighted by Gasteiger charge is -2.21. The standard InChI is InChI=1S/C14H18Cl2N2O3.C9H10Cl2N2O/c1-8(17-13(20)21-14(2,3)4)12(19)18-11-6-9(15)5-10(16)7-11;1-5(12)9(14)13-8-3-6(10)2-7(11)4-8/h5-8H,1-4H3,(H,17,20)(H,18,19);2-5H,12H2,1H3,(H,13,14)/t8-;5-/m11/s1. The summed E-state index contributed by atoms with van der Waals surface area (Å²) >= 11 is 23.2. The van der Waals surface area contributed by atoms with Gasteiger partial charge in [-0.05, 0) is 71.0 Å². The SMILES string of the molecule is C[C@@H](N)C(=O)Nc1cc(Cl)cc(Cl)c1.C[C@@H](NC(=O)OC(C)(C)C)C(=O)Nc1cc(Cl)cc(Cl)c1. The Labute approximate surface area is 224 Å². The van der Waals surface area contributed by atoms with Crippen molar-refractivity contribution in [2.45, 2.75) is 52.3 Å². The van der Waals surface area contributed by atoms with E-state index in [2.05, 4.69) is 16.0 Å². The number of hydrogen-bond donors (Lipinski definition) is 4. The molecule has 2 rings (SSSR count). The second-order valence-electron chi connectivity index (χ2n) is 8.45. The number of ether oxygens (including phenoxy) is 1. The van der Waals surface area contributed by atoms with Gasteiger partial charge in [0.15, 0.2) is 0 Å². The molecule has 0 aliphatic heterocycles. The Hall–Kier alpha value is -2.23. The molecule has 0 radical (unpaired) electrons. The first-order valence-electron chi connectivity index (χ1n) is 10.3. The summed E-state index contributed by atoms with van der Waals surface area (Å²) in [6.07, 6.45) is -0.658. The van der Waals surface area contributed by atoms with Crippen molar-refractivity contribution in [3.05, 3.63) is 56.5 Å². The zero-order valence-corrected chi connectivity index (χ0v) is 22.9. The molecule has 192 valence electrons. The molecule has 0 fully saturated rings. The van der Waals surface area contributed by atoms with Crippen LogP contribution < -0.4 is 21.7 Å². The van der Waals surface area contributed by atoms with E-state index in [0.717, 1.165) is 0 Å². The molecule has 0 aromatic heterocycles. The Bertz CT molecular complexity index is 1020. The van der Waals surface area contributed by atoms with Gasteiger partial charge < -0.3 is 26.4 Å². The summed E-state index contributed by atoms with van der Waals surface area (Å²) in [4.78, 5) is 34.8. The van der Waals surface area contributed by atoms with Crippen molar-refractivity contribution in [3.8, 4) is 0 Å². The van der Waals surface area contributed by atoms with Gasteiger partial charge in [-0.1, -0.05) is 46.4 Å². The lowest BCUT2D eigenvalue weighted by atomic mass is 10.2. The summed E-state index contributed by atoms with van der Waals surface area (Å²) in [5.41, 5.74) is 5.76. The number of hydrogen-bond acceptors (Lipinski definition) is 5. The summed E-state index contributed by atoms with van der Waals surface area (Å²) in [6, 6.07) is 8.15. The number of rotatable bonds is 5. The van der Waals surface area contributed by atoms with Gasteiger partial charge in [-0.3, -0.25) is 9.59 Å². The van der Waals surface area contributed by atoms with Gasteiger partial charge in [0.05, 0.1) is 6.04 Å². The molecule has 0 saturated carbocycles. The third kappa shape index (κ3) is 12.9. The molecule has 0 aliphatic rings. The number of carbonyl (C=O) groups is 3. The highest BCUT2D eigenvalue weighted by molar-refractivity contribution is 6.35. The van der Waals surface area contributed by atoms with Gasteiger partial charge in [-0.15, -0.1) is 0 Å². The lowest BCUT2D eigenvalue weighted by Crippen LogP contribution is -2.43. The van der Waals surface area contributed by atoms with Crippen LogP contribution in [-0.4, -0.2) is 35.6 Å². The van der Waals surface area contributed by atoms with Gasteiger partial charge in [-0.25, -0.2) is 4.79 Å². The monoisotopic (exact) mass is 564 g/mol. The highest BCUT2D eigenvalue weighted by Crippen LogP contribution is 2.23. The fourth-order valence-electron chi connectivity index (χ4n) is 2.31. The third-order valence-corrected chi connectivity index (χ3v) is 4.67. The molecule has 2 aromatic rings. The van der Waals surface area contributed by atoms with Crippen molar-refractivity contribution < 1.29 is 19.1 Å². The summed E-state index contributed by atoms with van der Waals surface area (Å²) in [5.74, 6) is -0.678. The Morgan fingerprint density at radius 3 is 1.49 bits per heavy atom. The normalized spacial score (nSPS) is 12.4. The number of alkyl carbamates (subject to hydrolysis) is 1. The van der Waals surface area contributed by atoms with Gasteiger partial charge in [-0.2, -0.15) is 0 Å². The molecule has 2 aromatic carbocycles. The van der Waals surface area contributed by atoms with E-state index in [0.29, 0.717) is 31.5 Å². The Balaban J connectivity index is 0.000000379. The number of halogens is 4. The maximum absolute atomic E-state index is 12.0. The van der Waals surface area contributed by atoms with E-state index in [1.165, 1.54) is 0 Å². The van der Waals surface area contributed by atoms with E-state index in [4.69, 9.17) is 56.9 Å². The summed E-state index contributed by atoms with van der Waals surface area (Å²) in [7, 11) is 0. The highest BCUT2D eigenvalue weighted by atomic mass is 35.5. The smallest absolute Gasteiger partial charge is 0.408 e. The number of nitrogens with one attached hydrogen (secondary N) is 3. The Morgan fingerprint density at radius 2 is 1.14 bits per heavy atom. The summed E-state index contributed by atoms with van der Waals surface area (Å²) < 4.78 is 5.07. The number of amides is 3. The van der Waals surface area contributed by atoms with Crippen LogP contribution in [0.3, 0.4) is 0 Å². The molecule has 2 atom stereocenters. The quantitative estimate of drug-likeness (QED) is 0.347. The Kier molecular flexibility index (Phi) is 12.1. The van der Waals surface area contributed by atoms with Crippen LogP contribution in [0.2, 0.25) is 20.1 Å². The lowest BCUT2D eigenvalue weighted by molar-refractivity contribution is -0.118. The maximum Gasteiger partial charge on any atom is 0.408 e. The van der Waals surface area contributed by atoms with Crippen LogP contribution in [0.4, 0.5) is 16.2 Å². The zero-order chi connectivity index (χ0) is 26.9. The van der Waals surface area contributed by atoms with Crippen LogP contribution in [0.15, 0.2) is 36.4 Å². The number of nitrogens with two attached hydrogens (primary N) is 1. The van der Waals surface area contributed by atoms with Crippen molar-refractivity contribution in [2.24, 2.45) is 5.73 Å². The van der Waals surface area contributed by atoms with E-state index in [9.17, 15) is 14.4 Å². The van der Waals surface area contributed by atoms with Gasteiger partial charge in [0.25, 0.3) is 0 Å². The molecule has 0 unspecified atom stereocenters. The number of carbonyl (C=O) groups excluding carboxylic acids is 3. The second kappa shape index (κ2) is 13.8. The predicted molar refractivity (Wildman–Crippen MR) is 143 cm³/mol. The second-order valence-corrected chi connectivity index (χ2v) is 10.2. The van der Waals surface area contributed by atoms with Gasteiger partial charge >= 0.3 is 6.09 Å². The van der Waals surface area contributed by atoms with E-state index < -0.39 is 29.7 Å².